The molecule has 0 radical (unpaired) electrons. The second-order valence-electron chi connectivity index (χ2n) is 9.77. The highest BCUT2D eigenvalue weighted by atomic mass is 35.5. The molecule has 1 fully saturated rings. The van der Waals surface area contributed by atoms with Gasteiger partial charge in [-0.15, -0.1) is 11.8 Å². The summed E-state index contributed by atoms with van der Waals surface area (Å²) in [6.45, 7) is 14.5. The maximum Gasteiger partial charge on any atom is 0.229 e. The molecule has 0 bridgehead atoms. The van der Waals surface area contributed by atoms with Gasteiger partial charge >= 0.3 is 0 Å². The molecule has 8 nitrogen and oxygen atoms in total. The number of nitrogens with one attached hydrogen (secondary N) is 1. The van der Waals surface area contributed by atoms with Crippen LogP contribution in [0.15, 0.2) is 47.5 Å². The molecule has 0 amide bonds. The van der Waals surface area contributed by atoms with Gasteiger partial charge in [0.2, 0.25) is 5.95 Å². The van der Waals surface area contributed by atoms with E-state index in [9.17, 15) is 5.21 Å². The van der Waals surface area contributed by atoms with Crippen molar-refractivity contribution < 1.29 is 14.7 Å². The zero-order valence-corrected chi connectivity index (χ0v) is 24.1. The molecular weight excluding hydrogens is 522 g/mol. The van der Waals surface area contributed by atoms with E-state index >= 15 is 0 Å². The van der Waals surface area contributed by atoms with Crippen molar-refractivity contribution in [3.05, 3.63) is 58.7 Å². The van der Waals surface area contributed by atoms with Crippen molar-refractivity contribution in [1.29, 1.82) is 0 Å². The molecule has 1 aliphatic rings. The van der Waals surface area contributed by atoms with Crippen LogP contribution in [-0.2, 0) is 11.3 Å². The Bertz CT molecular complexity index is 1240. The Morgan fingerprint density at radius 2 is 1.92 bits per heavy atom. The van der Waals surface area contributed by atoms with Crippen LogP contribution in [0.5, 0.6) is 5.75 Å². The summed E-state index contributed by atoms with van der Waals surface area (Å²) >= 11 is 8.09. The van der Waals surface area contributed by atoms with Crippen molar-refractivity contribution in [2.45, 2.75) is 57.4 Å². The number of rotatable bonds is 10. The van der Waals surface area contributed by atoms with Gasteiger partial charge < -0.3 is 14.8 Å². The van der Waals surface area contributed by atoms with Gasteiger partial charge in [-0.05, 0) is 56.2 Å². The minimum Gasteiger partial charge on any atom is -0.489 e. The zero-order valence-electron chi connectivity index (χ0n) is 22.6. The molecule has 2 N–H and O–H groups in total. The third-order valence-corrected chi connectivity index (χ3v) is 7.26. The zero-order chi connectivity index (χ0) is 27.2. The number of morpholine rings is 1. The molecule has 0 saturated carbocycles. The van der Waals surface area contributed by atoms with Gasteiger partial charge in [-0.3, -0.25) is 10.1 Å². The molecule has 0 atom stereocenters. The fourth-order valence-corrected chi connectivity index (χ4v) is 5.25. The molecule has 2 heterocycles. The van der Waals surface area contributed by atoms with Gasteiger partial charge in [0.25, 0.3) is 0 Å². The summed E-state index contributed by atoms with van der Waals surface area (Å²) in [5.74, 6) is 1.20. The lowest BCUT2D eigenvalue weighted by molar-refractivity contribution is 0.0341. The third-order valence-electron chi connectivity index (χ3n) is 5.93. The van der Waals surface area contributed by atoms with Crippen LogP contribution in [0.3, 0.4) is 0 Å². The topological polar surface area (TPSA) is 83.0 Å². The van der Waals surface area contributed by atoms with E-state index in [0.717, 1.165) is 54.1 Å². The van der Waals surface area contributed by atoms with E-state index in [4.69, 9.17) is 21.1 Å². The summed E-state index contributed by atoms with van der Waals surface area (Å²) in [6, 6.07) is 11.7. The van der Waals surface area contributed by atoms with Crippen LogP contribution in [0.2, 0.25) is 5.02 Å². The predicted octanol–water partition coefficient (Wildman–Crippen LogP) is 6.83. The molecule has 4 rings (SSSR count). The highest BCUT2D eigenvalue weighted by molar-refractivity contribution is 8.00. The van der Waals surface area contributed by atoms with Crippen LogP contribution in [-0.4, -0.2) is 57.7 Å². The molecule has 3 aromatic rings. The number of halogens is 1. The summed E-state index contributed by atoms with van der Waals surface area (Å²) in [5, 5.41) is 16.0. The average Bonchev–Trinajstić information content (AvgIpc) is 2.88. The minimum absolute atomic E-state index is 0.0147. The summed E-state index contributed by atoms with van der Waals surface area (Å²) in [7, 11) is 0. The summed E-state index contributed by atoms with van der Waals surface area (Å²) in [5.41, 5.74) is 3.68. The first-order valence-corrected chi connectivity index (χ1v) is 14.1. The van der Waals surface area contributed by atoms with Gasteiger partial charge in [-0.1, -0.05) is 37.6 Å². The number of benzene rings is 2. The van der Waals surface area contributed by atoms with Crippen LogP contribution in [0.1, 0.15) is 38.8 Å². The van der Waals surface area contributed by atoms with Crippen molar-refractivity contribution in [3.63, 3.8) is 0 Å². The Morgan fingerprint density at radius 3 is 2.63 bits per heavy atom. The molecule has 0 unspecified atom stereocenters. The van der Waals surface area contributed by atoms with Crippen LogP contribution in [0.25, 0.3) is 0 Å². The summed E-state index contributed by atoms with van der Waals surface area (Å²) in [6.07, 6.45) is 1.47. The van der Waals surface area contributed by atoms with E-state index < -0.39 is 0 Å². The SMILES string of the molecule is Cc1cc(Nc2ncc(Cl)c(N(O)c3ccccc3SC(C)C)n2)c(OC(C)C)cc1CN1CCOCC1. The van der Waals surface area contributed by atoms with E-state index in [2.05, 4.69) is 53.1 Å². The van der Waals surface area contributed by atoms with Gasteiger partial charge in [-0.25, -0.2) is 10.0 Å². The Balaban J connectivity index is 1.63. The largest absolute Gasteiger partial charge is 0.489 e. The first kappa shape index (κ1) is 28.4. The number of hydrogen-bond acceptors (Lipinski definition) is 9. The number of para-hydroxylation sites is 1. The lowest BCUT2D eigenvalue weighted by Crippen LogP contribution is -2.35. The second-order valence-corrected chi connectivity index (χ2v) is 11.8. The Labute approximate surface area is 234 Å². The lowest BCUT2D eigenvalue weighted by atomic mass is 10.1. The molecule has 10 heteroatoms. The van der Waals surface area contributed by atoms with Gasteiger partial charge in [-0.2, -0.15) is 4.98 Å². The molecule has 1 aliphatic heterocycles. The number of aryl methyl sites for hydroxylation is 1. The molecule has 2 aromatic carbocycles. The predicted molar refractivity (Wildman–Crippen MR) is 155 cm³/mol. The molecule has 1 aromatic heterocycles. The normalized spacial score (nSPS) is 14.2. The minimum atomic E-state index is -0.0147. The Hall–Kier alpha value is -2.56. The average molecular weight is 558 g/mol. The quantitative estimate of drug-likeness (QED) is 0.206. The Morgan fingerprint density at radius 1 is 1.18 bits per heavy atom. The second kappa shape index (κ2) is 13.0. The van der Waals surface area contributed by atoms with Gasteiger partial charge in [0.1, 0.15) is 10.8 Å². The van der Waals surface area contributed by atoms with Crippen LogP contribution in [0.4, 0.5) is 23.1 Å². The molecule has 204 valence electrons. The fourth-order valence-electron chi connectivity index (χ4n) is 4.14. The third kappa shape index (κ3) is 7.30. The van der Waals surface area contributed by atoms with Crippen LogP contribution < -0.4 is 15.1 Å². The first-order valence-electron chi connectivity index (χ1n) is 12.9. The molecule has 0 aliphatic carbocycles. The number of hydrogen-bond donors (Lipinski definition) is 2. The van der Waals surface area contributed by atoms with Crippen LogP contribution in [0, 0.1) is 6.92 Å². The Kier molecular flexibility index (Phi) is 9.73. The van der Waals surface area contributed by atoms with E-state index in [1.54, 1.807) is 11.8 Å². The van der Waals surface area contributed by atoms with Crippen LogP contribution >= 0.6 is 23.4 Å². The van der Waals surface area contributed by atoms with Crippen molar-refractivity contribution in [2.75, 3.05) is 36.7 Å². The summed E-state index contributed by atoms with van der Waals surface area (Å²) in [4.78, 5) is 12.2. The lowest BCUT2D eigenvalue weighted by Gasteiger charge is -2.28. The molecule has 38 heavy (non-hydrogen) atoms. The van der Waals surface area contributed by atoms with E-state index in [0.29, 0.717) is 22.6 Å². The summed E-state index contributed by atoms with van der Waals surface area (Å²) < 4.78 is 11.7. The standard InChI is InChI=1S/C28H36ClN5O3S/c1-18(2)37-25-15-21(17-33-10-12-36-13-11-33)20(5)14-23(25)31-28-30-16-22(29)27(32-28)34(35)24-8-6-7-9-26(24)38-19(3)4/h6-9,14-16,18-19,35H,10-13,17H2,1-5H3,(H,30,31,32). The smallest absolute Gasteiger partial charge is 0.229 e. The van der Waals surface area contributed by atoms with E-state index in [1.807, 2.05) is 38.1 Å². The van der Waals surface area contributed by atoms with Crippen molar-refractivity contribution in [2.24, 2.45) is 0 Å². The van der Waals surface area contributed by atoms with Crippen molar-refractivity contribution in [1.82, 2.24) is 14.9 Å². The molecule has 1 saturated heterocycles. The number of nitrogens with zero attached hydrogens (tertiary/aromatic N) is 4. The maximum absolute atomic E-state index is 11.1. The number of aromatic nitrogens is 2. The first-order chi connectivity index (χ1) is 18.2. The van der Waals surface area contributed by atoms with E-state index in [-0.39, 0.29) is 16.9 Å². The number of anilines is 4. The van der Waals surface area contributed by atoms with Gasteiger partial charge in [0.15, 0.2) is 5.82 Å². The van der Waals surface area contributed by atoms with Crippen molar-refractivity contribution in [3.8, 4) is 5.75 Å². The van der Waals surface area contributed by atoms with Gasteiger partial charge in [0, 0.05) is 29.8 Å². The molecule has 0 spiro atoms. The molecular formula is C28H36ClN5O3S. The van der Waals surface area contributed by atoms with Crippen molar-refractivity contribution >= 4 is 46.5 Å². The van der Waals surface area contributed by atoms with E-state index in [1.165, 1.54) is 11.8 Å². The fraction of sp³-hybridized carbons (Fsp3) is 0.429. The highest BCUT2D eigenvalue weighted by Gasteiger charge is 2.20. The highest BCUT2D eigenvalue weighted by Crippen LogP contribution is 2.38. The maximum atomic E-state index is 11.1. The monoisotopic (exact) mass is 557 g/mol. The van der Waals surface area contributed by atoms with Gasteiger partial charge in [0.05, 0.1) is 36.9 Å². The number of thioether (sulfide) groups is 1. The number of ether oxygens (including phenoxy) is 2.